The minimum Gasteiger partial charge on any atom is -0.450 e. The molecule has 1 N–H and O–H groups in total. The average Bonchev–Trinajstić information content (AvgIpc) is 3.14. The molecule has 0 bridgehead atoms. The number of fused-ring (bicyclic) bond motifs is 1. The van der Waals surface area contributed by atoms with Gasteiger partial charge in [-0.2, -0.15) is 9.61 Å². The number of nitrogens with one attached hydrogen (secondary N) is 1. The fraction of sp³-hybridized carbons (Fsp3) is 0.231. The third-order valence-electron chi connectivity index (χ3n) is 2.77. The van der Waals surface area contributed by atoms with E-state index in [9.17, 15) is 4.79 Å². The molecule has 0 fully saturated rings. The van der Waals surface area contributed by atoms with Gasteiger partial charge in [0.1, 0.15) is 5.69 Å². The Morgan fingerprint density at radius 2 is 2.29 bits per heavy atom. The quantitative estimate of drug-likeness (QED) is 0.798. The van der Waals surface area contributed by atoms with Crippen LogP contribution in [0.3, 0.4) is 0 Å². The number of thiophene rings is 1. The van der Waals surface area contributed by atoms with Crippen LogP contribution < -0.4 is 5.32 Å². The van der Waals surface area contributed by atoms with Crippen LogP contribution in [0.5, 0.6) is 0 Å². The second-order valence-corrected chi connectivity index (χ2v) is 5.10. The minimum absolute atomic E-state index is 0.209. The van der Waals surface area contributed by atoms with E-state index in [-0.39, 0.29) is 6.54 Å². The van der Waals surface area contributed by atoms with Gasteiger partial charge in [0.15, 0.2) is 11.5 Å². The standard InChI is InChI=1S/C13H13N5O2S/c1-2-20-13(19)14-8-12-16-15-11-6-5-9(17-18(11)12)10-4-3-7-21-10/h3-7H,2,8H2,1H3,(H,14,19). The lowest BCUT2D eigenvalue weighted by molar-refractivity contribution is 0.151. The zero-order valence-electron chi connectivity index (χ0n) is 11.3. The Bertz CT molecular complexity index is 753. The fourth-order valence-electron chi connectivity index (χ4n) is 1.83. The molecule has 3 aromatic heterocycles. The summed E-state index contributed by atoms with van der Waals surface area (Å²) in [6.07, 6.45) is -0.483. The number of carbonyl (C=O) groups excluding carboxylic acids is 1. The van der Waals surface area contributed by atoms with Crippen LogP contribution in [0, 0.1) is 0 Å². The van der Waals surface area contributed by atoms with Crippen LogP contribution in [0.2, 0.25) is 0 Å². The number of amides is 1. The van der Waals surface area contributed by atoms with Gasteiger partial charge in [-0.25, -0.2) is 4.79 Å². The first-order chi connectivity index (χ1) is 10.3. The molecule has 0 atom stereocenters. The van der Waals surface area contributed by atoms with Gasteiger partial charge in [-0.05, 0) is 30.5 Å². The van der Waals surface area contributed by atoms with Crippen LogP contribution in [0.15, 0.2) is 29.6 Å². The summed E-state index contributed by atoms with van der Waals surface area (Å²) in [6.45, 7) is 2.29. The van der Waals surface area contributed by atoms with Crippen LogP contribution in [0.25, 0.3) is 16.2 Å². The highest BCUT2D eigenvalue weighted by molar-refractivity contribution is 7.13. The lowest BCUT2D eigenvalue weighted by Crippen LogP contribution is -2.25. The second kappa shape index (κ2) is 5.88. The van der Waals surface area contributed by atoms with Gasteiger partial charge < -0.3 is 10.1 Å². The largest absolute Gasteiger partial charge is 0.450 e. The summed E-state index contributed by atoms with van der Waals surface area (Å²) in [7, 11) is 0. The van der Waals surface area contributed by atoms with Gasteiger partial charge in [-0.15, -0.1) is 21.5 Å². The summed E-state index contributed by atoms with van der Waals surface area (Å²) < 4.78 is 6.43. The zero-order valence-corrected chi connectivity index (χ0v) is 12.1. The third-order valence-corrected chi connectivity index (χ3v) is 3.66. The van der Waals surface area contributed by atoms with Gasteiger partial charge in [0.05, 0.1) is 18.0 Å². The maximum absolute atomic E-state index is 11.3. The average molecular weight is 303 g/mol. The molecule has 0 aliphatic carbocycles. The molecular formula is C13H13N5O2S. The lowest BCUT2D eigenvalue weighted by Gasteiger charge is -2.04. The second-order valence-electron chi connectivity index (χ2n) is 4.16. The molecule has 3 aromatic rings. The van der Waals surface area contributed by atoms with E-state index in [2.05, 4.69) is 20.6 Å². The molecule has 0 aliphatic rings. The molecule has 7 nitrogen and oxygen atoms in total. The van der Waals surface area contributed by atoms with Crippen molar-refractivity contribution in [2.24, 2.45) is 0 Å². The Kier molecular flexibility index (Phi) is 3.78. The SMILES string of the molecule is CCOC(=O)NCc1nnc2ccc(-c3cccs3)nn12. The Morgan fingerprint density at radius 1 is 1.38 bits per heavy atom. The molecule has 0 saturated heterocycles. The van der Waals surface area contributed by atoms with Gasteiger partial charge in [-0.1, -0.05) is 6.07 Å². The lowest BCUT2D eigenvalue weighted by atomic mass is 10.3. The molecule has 0 saturated carbocycles. The van der Waals surface area contributed by atoms with E-state index in [1.807, 2.05) is 29.6 Å². The van der Waals surface area contributed by atoms with E-state index in [0.29, 0.717) is 18.1 Å². The molecule has 0 aliphatic heterocycles. The van der Waals surface area contributed by atoms with Gasteiger partial charge in [0.25, 0.3) is 0 Å². The van der Waals surface area contributed by atoms with Gasteiger partial charge in [-0.3, -0.25) is 0 Å². The summed E-state index contributed by atoms with van der Waals surface area (Å²) in [5, 5.41) is 17.2. The van der Waals surface area contributed by atoms with Crippen LogP contribution in [-0.4, -0.2) is 32.5 Å². The summed E-state index contributed by atoms with van der Waals surface area (Å²) in [4.78, 5) is 12.4. The van der Waals surface area contributed by atoms with E-state index in [1.54, 1.807) is 22.8 Å². The van der Waals surface area contributed by atoms with Crippen molar-refractivity contribution < 1.29 is 9.53 Å². The number of nitrogens with zero attached hydrogens (tertiary/aromatic N) is 4. The normalized spacial score (nSPS) is 10.7. The molecule has 1 amide bonds. The van der Waals surface area contributed by atoms with Gasteiger partial charge >= 0.3 is 6.09 Å². The van der Waals surface area contributed by atoms with E-state index in [1.165, 1.54) is 0 Å². The Balaban J connectivity index is 1.86. The molecule has 0 spiro atoms. The van der Waals surface area contributed by atoms with Crippen molar-refractivity contribution in [2.75, 3.05) is 6.61 Å². The molecule has 0 unspecified atom stereocenters. The maximum Gasteiger partial charge on any atom is 0.407 e. The number of alkyl carbamates (subject to hydrolysis) is 1. The van der Waals surface area contributed by atoms with E-state index < -0.39 is 6.09 Å². The third kappa shape index (κ3) is 2.84. The highest BCUT2D eigenvalue weighted by Gasteiger charge is 2.10. The molecule has 108 valence electrons. The maximum atomic E-state index is 11.3. The number of hydrogen-bond donors (Lipinski definition) is 1. The fourth-order valence-corrected chi connectivity index (χ4v) is 2.52. The van der Waals surface area contributed by atoms with Crippen LogP contribution in [0.1, 0.15) is 12.7 Å². The van der Waals surface area contributed by atoms with Crippen molar-refractivity contribution in [1.29, 1.82) is 0 Å². The molecule has 0 aromatic carbocycles. The molecule has 0 radical (unpaired) electrons. The summed E-state index contributed by atoms with van der Waals surface area (Å²) in [5.41, 5.74) is 1.48. The highest BCUT2D eigenvalue weighted by Crippen LogP contribution is 2.22. The molecular weight excluding hydrogens is 290 g/mol. The molecule has 3 rings (SSSR count). The smallest absolute Gasteiger partial charge is 0.407 e. The molecule has 3 heterocycles. The number of carbonyl (C=O) groups is 1. The summed E-state index contributed by atoms with van der Waals surface area (Å²) in [5.74, 6) is 0.552. The van der Waals surface area contributed by atoms with Crippen LogP contribution in [0.4, 0.5) is 4.79 Å². The number of aromatic nitrogens is 4. The van der Waals surface area contributed by atoms with E-state index >= 15 is 0 Å². The van der Waals surface area contributed by atoms with Gasteiger partial charge in [0.2, 0.25) is 0 Å². The Labute approximate surface area is 124 Å². The first-order valence-corrected chi connectivity index (χ1v) is 7.31. The van der Waals surface area contributed by atoms with Crippen molar-refractivity contribution in [3.05, 3.63) is 35.5 Å². The van der Waals surface area contributed by atoms with E-state index in [4.69, 9.17) is 4.74 Å². The Morgan fingerprint density at radius 3 is 3.05 bits per heavy atom. The van der Waals surface area contributed by atoms with Crippen molar-refractivity contribution in [1.82, 2.24) is 25.1 Å². The number of hydrogen-bond acceptors (Lipinski definition) is 6. The molecule has 8 heteroatoms. The predicted molar refractivity (Wildman–Crippen MR) is 78.0 cm³/mol. The molecule has 21 heavy (non-hydrogen) atoms. The van der Waals surface area contributed by atoms with Crippen molar-refractivity contribution in [2.45, 2.75) is 13.5 Å². The monoisotopic (exact) mass is 303 g/mol. The number of ether oxygens (including phenoxy) is 1. The Hall–Kier alpha value is -2.48. The highest BCUT2D eigenvalue weighted by atomic mass is 32.1. The minimum atomic E-state index is -0.483. The first kappa shape index (κ1) is 13.5. The number of rotatable bonds is 4. The topological polar surface area (TPSA) is 81.4 Å². The van der Waals surface area contributed by atoms with Crippen molar-refractivity contribution >= 4 is 23.1 Å². The summed E-state index contributed by atoms with van der Waals surface area (Å²) >= 11 is 1.61. The van der Waals surface area contributed by atoms with Crippen LogP contribution in [-0.2, 0) is 11.3 Å². The van der Waals surface area contributed by atoms with Crippen molar-refractivity contribution in [3.63, 3.8) is 0 Å². The predicted octanol–water partition coefficient (Wildman–Crippen LogP) is 2.10. The first-order valence-electron chi connectivity index (χ1n) is 6.44. The zero-order chi connectivity index (χ0) is 14.7. The van der Waals surface area contributed by atoms with Crippen molar-refractivity contribution in [3.8, 4) is 10.6 Å². The van der Waals surface area contributed by atoms with Gasteiger partial charge in [0, 0.05) is 0 Å². The summed E-state index contributed by atoms with van der Waals surface area (Å²) in [6, 6.07) is 7.72. The van der Waals surface area contributed by atoms with Crippen LogP contribution >= 0.6 is 11.3 Å². The van der Waals surface area contributed by atoms with E-state index in [0.717, 1.165) is 10.6 Å².